The smallest absolute Gasteiger partial charge is 0.450 e. The highest BCUT2D eigenvalue weighted by Gasteiger charge is 1.97. The molecule has 1 aromatic rings. The van der Waals surface area contributed by atoms with Crippen molar-refractivity contribution in [3.8, 4) is 0 Å². The second kappa shape index (κ2) is 7.68. The van der Waals surface area contributed by atoms with Crippen LogP contribution in [0.5, 0.6) is 0 Å². The van der Waals surface area contributed by atoms with Gasteiger partial charge in [0, 0.05) is 15.7 Å². The Labute approximate surface area is 103 Å². The monoisotopic (exact) mass is 268 g/mol. The fraction of sp³-hybridized carbons (Fsp3) is 0.222. The van der Waals surface area contributed by atoms with Crippen molar-refractivity contribution in [2.45, 2.75) is 4.90 Å². The predicted molar refractivity (Wildman–Crippen MR) is 63.4 cm³/mol. The van der Waals surface area contributed by atoms with E-state index < -0.39 is 6.16 Å². The van der Waals surface area contributed by atoms with Gasteiger partial charge >= 0.3 is 6.16 Å². The van der Waals surface area contributed by atoms with Crippen molar-refractivity contribution in [2.24, 2.45) is 0 Å². The maximum Gasteiger partial charge on any atom is 0.505 e. The molecule has 3 nitrogen and oxygen atoms in total. The molecule has 84 valence electrons. The molecule has 0 saturated carbocycles. The van der Waals surface area contributed by atoms with Crippen LogP contribution in [0.2, 0.25) is 5.02 Å². The first kappa shape index (κ1) is 14.4. The molecule has 0 saturated heterocycles. The van der Waals surface area contributed by atoms with Gasteiger partial charge in [-0.15, -0.1) is 24.2 Å². The van der Waals surface area contributed by atoms with Gasteiger partial charge in [-0.25, -0.2) is 4.79 Å². The molecule has 6 heteroatoms. The van der Waals surface area contributed by atoms with Crippen molar-refractivity contribution in [1.29, 1.82) is 0 Å². The first-order chi connectivity index (χ1) is 6.68. The molecule has 15 heavy (non-hydrogen) atoms. The normalized spacial score (nSPS) is 9.13. The fourth-order valence-electron chi connectivity index (χ4n) is 0.819. The zero-order chi connectivity index (χ0) is 10.4. The number of hydrogen-bond acceptors (Lipinski definition) is 3. The third-order valence-electron chi connectivity index (χ3n) is 1.39. The lowest BCUT2D eigenvalue weighted by molar-refractivity contribution is 0.0975. The van der Waals surface area contributed by atoms with Crippen molar-refractivity contribution in [2.75, 3.05) is 12.4 Å². The van der Waals surface area contributed by atoms with Crippen LogP contribution in [-0.4, -0.2) is 23.6 Å². The number of hydrogen-bond donors (Lipinski definition) is 1. The largest absolute Gasteiger partial charge is 0.505 e. The van der Waals surface area contributed by atoms with E-state index in [9.17, 15) is 4.79 Å². The van der Waals surface area contributed by atoms with E-state index in [1.54, 1.807) is 12.1 Å². The highest BCUT2D eigenvalue weighted by atomic mass is 35.5. The second-order valence-electron chi connectivity index (χ2n) is 2.42. The predicted octanol–water partition coefficient (Wildman–Crippen LogP) is 3.55. The van der Waals surface area contributed by atoms with E-state index in [1.165, 1.54) is 11.8 Å². The Morgan fingerprint density at radius 3 is 2.53 bits per heavy atom. The molecule has 0 atom stereocenters. The molecule has 1 N–H and O–H groups in total. The molecular formula is C9H10Cl2O3S. The number of thioether (sulfide) groups is 1. The van der Waals surface area contributed by atoms with Crippen LogP contribution < -0.4 is 0 Å². The Balaban J connectivity index is 0.00000196. The number of halogens is 2. The lowest BCUT2D eigenvalue weighted by Crippen LogP contribution is -2.03. The lowest BCUT2D eigenvalue weighted by atomic mass is 10.4. The van der Waals surface area contributed by atoms with Gasteiger partial charge in [0.15, 0.2) is 0 Å². The molecule has 0 aliphatic rings. The summed E-state index contributed by atoms with van der Waals surface area (Å²) in [4.78, 5) is 11.1. The van der Waals surface area contributed by atoms with Crippen molar-refractivity contribution in [3.05, 3.63) is 29.3 Å². The van der Waals surface area contributed by atoms with E-state index in [0.717, 1.165) is 4.90 Å². The summed E-state index contributed by atoms with van der Waals surface area (Å²) in [6.45, 7) is 0.197. The van der Waals surface area contributed by atoms with Gasteiger partial charge in [0.2, 0.25) is 0 Å². The SMILES string of the molecule is Cl.O=C(O)OCCSc1ccc(Cl)cc1. The summed E-state index contributed by atoms with van der Waals surface area (Å²) in [5.41, 5.74) is 0. The van der Waals surface area contributed by atoms with Crippen LogP contribution in [0.3, 0.4) is 0 Å². The molecule has 0 aliphatic heterocycles. The topological polar surface area (TPSA) is 46.5 Å². The van der Waals surface area contributed by atoms with Crippen molar-refractivity contribution >= 4 is 41.9 Å². The lowest BCUT2D eigenvalue weighted by Gasteiger charge is -2.01. The van der Waals surface area contributed by atoms with E-state index in [0.29, 0.717) is 10.8 Å². The average Bonchev–Trinajstić information content (AvgIpc) is 2.15. The van der Waals surface area contributed by atoms with Gasteiger partial charge in [0.05, 0.1) is 0 Å². The van der Waals surface area contributed by atoms with Gasteiger partial charge < -0.3 is 9.84 Å². The Bertz CT molecular complexity index is 303. The first-order valence-electron chi connectivity index (χ1n) is 3.92. The van der Waals surface area contributed by atoms with Gasteiger partial charge in [-0.1, -0.05) is 11.6 Å². The average molecular weight is 269 g/mol. The van der Waals surface area contributed by atoms with Crippen LogP contribution in [0.25, 0.3) is 0 Å². The van der Waals surface area contributed by atoms with Crippen LogP contribution in [0, 0.1) is 0 Å². The minimum absolute atomic E-state index is 0. The number of carbonyl (C=O) groups is 1. The Hall–Kier alpha value is -0.580. The van der Waals surface area contributed by atoms with E-state index in [2.05, 4.69) is 4.74 Å². The molecule has 0 unspecified atom stereocenters. The molecule has 0 bridgehead atoms. The van der Waals surface area contributed by atoms with Gasteiger partial charge in [0.1, 0.15) is 6.61 Å². The van der Waals surface area contributed by atoms with Crippen LogP contribution in [0.4, 0.5) is 4.79 Å². The Morgan fingerprint density at radius 1 is 1.40 bits per heavy atom. The quantitative estimate of drug-likeness (QED) is 0.516. The number of carboxylic acid groups (broad SMARTS) is 1. The minimum atomic E-state index is -1.23. The molecule has 1 aromatic carbocycles. The Kier molecular flexibility index (Phi) is 7.38. The van der Waals surface area contributed by atoms with Crippen molar-refractivity contribution in [1.82, 2.24) is 0 Å². The molecule has 1 rings (SSSR count). The molecule has 0 radical (unpaired) electrons. The van der Waals surface area contributed by atoms with Crippen molar-refractivity contribution < 1.29 is 14.6 Å². The van der Waals surface area contributed by atoms with Gasteiger partial charge in [0.25, 0.3) is 0 Å². The molecule has 0 aromatic heterocycles. The van der Waals surface area contributed by atoms with Gasteiger partial charge in [-0.05, 0) is 24.3 Å². The summed E-state index contributed by atoms with van der Waals surface area (Å²) in [7, 11) is 0. The third kappa shape index (κ3) is 6.49. The summed E-state index contributed by atoms with van der Waals surface area (Å²) in [5.74, 6) is 0.605. The number of rotatable bonds is 4. The molecule has 0 heterocycles. The molecule has 0 spiro atoms. The standard InChI is InChI=1S/C9H9ClO3S.ClH/c10-7-1-3-8(4-2-7)14-6-5-13-9(11)12;/h1-4H,5-6H2,(H,11,12);1H. The zero-order valence-corrected chi connectivity index (χ0v) is 10.1. The first-order valence-corrected chi connectivity index (χ1v) is 5.29. The van der Waals surface area contributed by atoms with Crippen LogP contribution in [0.1, 0.15) is 0 Å². The van der Waals surface area contributed by atoms with Gasteiger partial charge in [-0.2, -0.15) is 0 Å². The summed E-state index contributed by atoms with van der Waals surface area (Å²) in [6.07, 6.45) is -1.23. The third-order valence-corrected chi connectivity index (χ3v) is 2.62. The summed E-state index contributed by atoms with van der Waals surface area (Å²) >= 11 is 7.23. The highest BCUT2D eigenvalue weighted by molar-refractivity contribution is 7.99. The van der Waals surface area contributed by atoms with Crippen LogP contribution in [0.15, 0.2) is 29.2 Å². The summed E-state index contributed by atoms with van der Waals surface area (Å²) in [5, 5.41) is 8.89. The number of benzene rings is 1. The maximum absolute atomic E-state index is 10.0. The fourth-order valence-corrected chi connectivity index (χ4v) is 1.68. The van der Waals surface area contributed by atoms with E-state index in [1.807, 2.05) is 12.1 Å². The highest BCUT2D eigenvalue weighted by Crippen LogP contribution is 2.19. The van der Waals surface area contributed by atoms with Crippen molar-refractivity contribution in [3.63, 3.8) is 0 Å². The minimum Gasteiger partial charge on any atom is -0.450 e. The second-order valence-corrected chi connectivity index (χ2v) is 4.02. The summed E-state index contributed by atoms with van der Waals surface area (Å²) in [6, 6.07) is 7.35. The molecule has 0 aliphatic carbocycles. The van der Waals surface area contributed by atoms with E-state index in [4.69, 9.17) is 16.7 Å². The number of ether oxygens (including phenoxy) is 1. The van der Waals surface area contributed by atoms with Crippen LogP contribution >= 0.6 is 35.8 Å². The van der Waals surface area contributed by atoms with Crippen LogP contribution in [-0.2, 0) is 4.74 Å². The summed E-state index contributed by atoms with van der Waals surface area (Å²) < 4.78 is 4.36. The van der Waals surface area contributed by atoms with E-state index >= 15 is 0 Å². The Morgan fingerprint density at radius 2 is 2.00 bits per heavy atom. The molecule has 0 amide bonds. The molecular weight excluding hydrogens is 259 g/mol. The van der Waals surface area contributed by atoms with E-state index in [-0.39, 0.29) is 19.0 Å². The molecule has 0 fully saturated rings. The van der Waals surface area contributed by atoms with Gasteiger partial charge in [-0.3, -0.25) is 0 Å². The maximum atomic E-state index is 10.0. The zero-order valence-electron chi connectivity index (χ0n) is 7.68.